The number of nitriles is 1. The normalized spacial score (nSPS) is 9.90. The van der Waals surface area contributed by atoms with E-state index in [0.717, 1.165) is 11.1 Å². The number of nitro benzene ring substituents is 1. The maximum Gasteiger partial charge on any atom is 0.270 e. The van der Waals surface area contributed by atoms with Crippen molar-refractivity contribution in [3.05, 3.63) is 69.3 Å². The number of benzene rings is 2. The Balaban J connectivity index is 2.20. The molecule has 0 saturated carbocycles. The number of hydrogen-bond donors (Lipinski definition) is 2. The van der Waals surface area contributed by atoms with E-state index < -0.39 is 4.92 Å². The van der Waals surface area contributed by atoms with Gasteiger partial charge in [-0.2, -0.15) is 5.26 Å². The summed E-state index contributed by atoms with van der Waals surface area (Å²) in [5.41, 5.74) is 2.32. The fraction of sp³-hybridized carbons (Fsp3) is 0.133. The van der Waals surface area contributed by atoms with Crippen LogP contribution in [0.1, 0.15) is 16.7 Å². The van der Waals surface area contributed by atoms with Gasteiger partial charge < -0.3 is 10.4 Å². The number of anilines is 1. The van der Waals surface area contributed by atoms with Gasteiger partial charge in [0.2, 0.25) is 0 Å². The summed E-state index contributed by atoms with van der Waals surface area (Å²) in [6.45, 7) is 0.354. The van der Waals surface area contributed by atoms with Gasteiger partial charge in [0.05, 0.1) is 22.8 Å². The Bertz CT molecular complexity index is 708. The third kappa shape index (κ3) is 3.35. The zero-order valence-corrected chi connectivity index (χ0v) is 11.1. The molecule has 0 spiro atoms. The van der Waals surface area contributed by atoms with Gasteiger partial charge in [0, 0.05) is 18.7 Å². The van der Waals surface area contributed by atoms with Gasteiger partial charge in [0.1, 0.15) is 6.07 Å². The highest BCUT2D eigenvalue weighted by molar-refractivity contribution is 5.61. The number of hydrogen-bond acceptors (Lipinski definition) is 5. The van der Waals surface area contributed by atoms with Crippen LogP contribution in [0.25, 0.3) is 0 Å². The van der Waals surface area contributed by atoms with Crippen molar-refractivity contribution in [2.24, 2.45) is 0 Å². The summed E-state index contributed by atoms with van der Waals surface area (Å²) in [5, 5.41) is 32.1. The van der Waals surface area contributed by atoms with Crippen LogP contribution < -0.4 is 5.32 Å². The summed E-state index contributed by atoms with van der Waals surface area (Å²) in [6, 6.07) is 13.4. The minimum absolute atomic E-state index is 0.0662. The quantitative estimate of drug-likeness (QED) is 0.649. The number of nitro groups is 1. The number of rotatable bonds is 5. The molecular formula is C15H13N3O3. The summed E-state index contributed by atoms with van der Waals surface area (Å²) >= 11 is 0. The molecule has 0 heterocycles. The smallest absolute Gasteiger partial charge is 0.270 e. The second-order valence-corrected chi connectivity index (χ2v) is 4.38. The summed E-state index contributed by atoms with van der Waals surface area (Å²) in [6.07, 6.45) is 0. The van der Waals surface area contributed by atoms with Gasteiger partial charge in [-0.3, -0.25) is 10.1 Å². The molecule has 0 amide bonds. The molecule has 0 fully saturated rings. The molecule has 21 heavy (non-hydrogen) atoms. The molecule has 6 nitrogen and oxygen atoms in total. The summed E-state index contributed by atoms with van der Waals surface area (Å²) in [7, 11) is 0. The molecule has 0 bridgehead atoms. The maximum absolute atomic E-state index is 10.7. The Kier molecular flexibility index (Phi) is 4.49. The van der Waals surface area contributed by atoms with E-state index in [-0.39, 0.29) is 17.9 Å². The first kappa shape index (κ1) is 14.5. The third-order valence-corrected chi connectivity index (χ3v) is 3.09. The largest absolute Gasteiger partial charge is 0.392 e. The average Bonchev–Trinajstić information content (AvgIpc) is 2.52. The van der Waals surface area contributed by atoms with Crippen LogP contribution in [0.5, 0.6) is 0 Å². The van der Waals surface area contributed by atoms with Crippen LogP contribution in [0.15, 0.2) is 42.5 Å². The van der Waals surface area contributed by atoms with Crippen molar-refractivity contribution < 1.29 is 10.0 Å². The van der Waals surface area contributed by atoms with Gasteiger partial charge in [-0.25, -0.2) is 0 Å². The third-order valence-electron chi connectivity index (χ3n) is 3.09. The lowest BCUT2D eigenvalue weighted by Gasteiger charge is -2.11. The van der Waals surface area contributed by atoms with Gasteiger partial charge in [-0.15, -0.1) is 0 Å². The minimum Gasteiger partial charge on any atom is -0.392 e. The molecule has 0 radical (unpaired) electrons. The van der Waals surface area contributed by atoms with Crippen molar-refractivity contribution in [3.63, 3.8) is 0 Å². The van der Waals surface area contributed by atoms with E-state index in [1.165, 1.54) is 18.2 Å². The van der Waals surface area contributed by atoms with Crippen LogP contribution in [0.3, 0.4) is 0 Å². The highest BCUT2D eigenvalue weighted by Crippen LogP contribution is 2.22. The molecule has 0 aliphatic rings. The zero-order chi connectivity index (χ0) is 15.2. The van der Waals surface area contributed by atoms with E-state index in [0.29, 0.717) is 12.2 Å². The van der Waals surface area contributed by atoms with E-state index in [2.05, 4.69) is 5.32 Å². The van der Waals surface area contributed by atoms with Gasteiger partial charge in [0.25, 0.3) is 5.69 Å². The van der Waals surface area contributed by atoms with Crippen LogP contribution in [0.2, 0.25) is 0 Å². The summed E-state index contributed by atoms with van der Waals surface area (Å²) < 4.78 is 0. The number of aliphatic hydroxyl groups is 1. The molecule has 0 aliphatic heterocycles. The Hall–Kier alpha value is -2.91. The number of nitrogens with zero attached hydrogens (tertiary/aromatic N) is 2. The molecule has 2 aromatic carbocycles. The molecule has 2 rings (SSSR count). The molecular weight excluding hydrogens is 270 g/mol. The lowest BCUT2D eigenvalue weighted by Crippen LogP contribution is -2.04. The Morgan fingerprint density at radius 1 is 1.24 bits per heavy atom. The van der Waals surface area contributed by atoms with Crippen LogP contribution in [0, 0.1) is 21.4 Å². The van der Waals surface area contributed by atoms with Crippen molar-refractivity contribution in [2.45, 2.75) is 13.2 Å². The zero-order valence-electron chi connectivity index (χ0n) is 11.1. The second-order valence-electron chi connectivity index (χ2n) is 4.38. The van der Waals surface area contributed by atoms with Crippen LogP contribution in [0.4, 0.5) is 11.4 Å². The molecule has 2 aromatic rings. The molecule has 6 heteroatoms. The van der Waals surface area contributed by atoms with Crippen molar-refractivity contribution in [1.82, 2.24) is 0 Å². The predicted molar refractivity (Wildman–Crippen MR) is 77.5 cm³/mol. The van der Waals surface area contributed by atoms with Crippen LogP contribution in [-0.2, 0) is 13.2 Å². The standard InChI is InChI=1S/C15H13N3O3/c16-8-13-7-14(18(20)21)5-6-15(13)17-9-11-3-1-2-4-12(11)10-19/h1-7,17,19H,9-10H2. The highest BCUT2D eigenvalue weighted by Gasteiger charge is 2.10. The van der Waals surface area contributed by atoms with Gasteiger partial charge >= 0.3 is 0 Å². The van der Waals surface area contributed by atoms with E-state index >= 15 is 0 Å². The van der Waals surface area contributed by atoms with Gasteiger partial charge in [-0.1, -0.05) is 24.3 Å². The molecule has 0 saturated heterocycles. The predicted octanol–water partition coefficient (Wildman–Crippen LogP) is 2.57. The highest BCUT2D eigenvalue weighted by atomic mass is 16.6. The topological polar surface area (TPSA) is 99.2 Å². The van der Waals surface area contributed by atoms with E-state index in [1.807, 2.05) is 30.3 Å². The molecule has 0 aromatic heterocycles. The van der Waals surface area contributed by atoms with Crippen LogP contribution in [-0.4, -0.2) is 10.0 Å². The van der Waals surface area contributed by atoms with Crippen molar-refractivity contribution in [1.29, 1.82) is 5.26 Å². The first-order chi connectivity index (χ1) is 10.2. The number of non-ortho nitro benzene ring substituents is 1. The van der Waals surface area contributed by atoms with E-state index in [1.54, 1.807) is 0 Å². The molecule has 2 N–H and O–H groups in total. The van der Waals surface area contributed by atoms with Crippen molar-refractivity contribution >= 4 is 11.4 Å². The first-order valence-corrected chi connectivity index (χ1v) is 6.25. The maximum atomic E-state index is 10.7. The van der Waals surface area contributed by atoms with Gasteiger partial charge in [0.15, 0.2) is 0 Å². The minimum atomic E-state index is -0.536. The lowest BCUT2D eigenvalue weighted by atomic mass is 10.1. The van der Waals surface area contributed by atoms with Crippen molar-refractivity contribution in [2.75, 3.05) is 5.32 Å². The van der Waals surface area contributed by atoms with Gasteiger partial charge in [-0.05, 0) is 17.2 Å². The lowest BCUT2D eigenvalue weighted by molar-refractivity contribution is -0.384. The van der Waals surface area contributed by atoms with E-state index in [4.69, 9.17) is 5.26 Å². The SMILES string of the molecule is N#Cc1cc([N+](=O)[O-])ccc1NCc1ccccc1CO. The fourth-order valence-electron chi connectivity index (χ4n) is 1.97. The number of aliphatic hydroxyl groups excluding tert-OH is 1. The Morgan fingerprint density at radius 3 is 2.57 bits per heavy atom. The molecule has 0 atom stereocenters. The van der Waals surface area contributed by atoms with E-state index in [9.17, 15) is 15.2 Å². The molecule has 0 unspecified atom stereocenters. The number of nitrogens with one attached hydrogen (secondary N) is 1. The summed E-state index contributed by atoms with van der Waals surface area (Å²) in [5.74, 6) is 0. The molecule has 0 aliphatic carbocycles. The Labute approximate surface area is 121 Å². The summed E-state index contributed by atoms with van der Waals surface area (Å²) in [4.78, 5) is 10.2. The monoisotopic (exact) mass is 283 g/mol. The Morgan fingerprint density at radius 2 is 1.95 bits per heavy atom. The van der Waals surface area contributed by atoms with Crippen molar-refractivity contribution in [3.8, 4) is 6.07 Å². The fourth-order valence-corrected chi connectivity index (χ4v) is 1.97. The first-order valence-electron chi connectivity index (χ1n) is 6.25. The van der Waals surface area contributed by atoms with Crippen LogP contribution >= 0.6 is 0 Å². The average molecular weight is 283 g/mol. The molecule has 106 valence electrons. The second kappa shape index (κ2) is 6.50.